The van der Waals surface area contributed by atoms with Gasteiger partial charge in [-0.3, -0.25) is 4.79 Å². The monoisotopic (exact) mass is 405 g/mol. The van der Waals surface area contributed by atoms with E-state index in [1.165, 1.54) is 5.56 Å². The van der Waals surface area contributed by atoms with E-state index < -0.39 is 11.9 Å². The molecule has 2 N–H and O–H groups in total. The molecule has 1 atom stereocenters. The lowest BCUT2D eigenvalue weighted by atomic mass is 9.94. The van der Waals surface area contributed by atoms with Crippen LogP contribution in [0.4, 0.5) is 5.69 Å². The molecule has 1 aliphatic rings. The lowest BCUT2D eigenvalue weighted by Gasteiger charge is -2.21. The Kier molecular flexibility index (Phi) is 9.34. The third kappa shape index (κ3) is 8.35. The molecule has 0 aromatic heterocycles. The highest BCUT2D eigenvalue weighted by Crippen LogP contribution is 2.26. The van der Waals surface area contributed by atoms with Crippen molar-refractivity contribution in [1.29, 1.82) is 0 Å². The standard InChI is InChI=1S/C17H27N3O.C4H4O4/c1-18(2)9-8-13-10-14-6-7-15(19(3)4)11-16(14)17(21)20(5)12-13;5-3(6)1-2-4(7)8/h6-7,11,13H,8-10,12H2,1-5H3;1-2H,(H,5,6)(H,7,8). The van der Waals surface area contributed by atoms with Gasteiger partial charge in [0.2, 0.25) is 0 Å². The summed E-state index contributed by atoms with van der Waals surface area (Å²) in [5, 5.41) is 15.6. The molecule has 8 nitrogen and oxygen atoms in total. The van der Waals surface area contributed by atoms with Crippen molar-refractivity contribution in [2.24, 2.45) is 5.92 Å². The van der Waals surface area contributed by atoms with Gasteiger partial charge in [0.1, 0.15) is 0 Å². The fourth-order valence-corrected chi connectivity index (χ4v) is 3.05. The second-order valence-electron chi connectivity index (χ2n) is 7.59. The summed E-state index contributed by atoms with van der Waals surface area (Å²) in [6.45, 7) is 1.91. The summed E-state index contributed by atoms with van der Waals surface area (Å²) >= 11 is 0. The highest BCUT2D eigenvalue weighted by Gasteiger charge is 2.25. The number of carbonyl (C=O) groups excluding carboxylic acids is 1. The zero-order chi connectivity index (χ0) is 22.1. The molecule has 1 aliphatic heterocycles. The van der Waals surface area contributed by atoms with Gasteiger partial charge >= 0.3 is 11.9 Å². The van der Waals surface area contributed by atoms with Crippen molar-refractivity contribution in [1.82, 2.24) is 9.80 Å². The van der Waals surface area contributed by atoms with Crippen molar-refractivity contribution in [2.45, 2.75) is 12.8 Å². The fraction of sp³-hybridized carbons (Fsp3) is 0.476. The predicted molar refractivity (Wildman–Crippen MR) is 113 cm³/mol. The molecule has 1 aromatic rings. The van der Waals surface area contributed by atoms with Crippen molar-refractivity contribution in [3.63, 3.8) is 0 Å². The highest BCUT2D eigenvalue weighted by molar-refractivity contribution is 5.97. The molecule has 2 rings (SSSR count). The molecule has 8 heteroatoms. The quantitative estimate of drug-likeness (QED) is 0.694. The molecule has 0 saturated carbocycles. The van der Waals surface area contributed by atoms with Crippen molar-refractivity contribution >= 4 is 23.5 Å². The zero-order valence-corrected chi connectivity index (χ0v) is 17.8. The molecule has 0 aliphatic carbocycles. The van der Waals surface area contributed by atoms with Gasteiger partial charge in [0.15, 0.2) is 0 Å². The number of anilines is 1. The summed E-state index contributed by atoms with van der Waals surface area (Å²) in [6, 6.07) is 6.27. The van der Waals surface area contributed by atoms with Crippen molar-refractivity contribution < 1.29 is 24.6 Å². The topological polar surface area (TPSA) is 101 Å². The second kappa shape index (κ2) is 11.2. The Morgan fingerprint density at radius 1 is 1.14 bits per heavy atom. The molecule has 1 aromatic carbocycles. The average molecular weight is 405 g/mol. The van der Waals surface area contributed by atoms with Crippen LogP contribution in [-0.4, -0.2) is 86.2 Å². The first-order valence-electron chi connectivity index (χ1n) is 9.35. The van der Waals surface area contributed by atoms with E-state index in [9.17, 15) is 14.4 Å². The van der Waals surface area contributed by atoms with Gasteiger partial charge in [-0.25, -0.2) is 9.59 Å². The van der Waals surface area contributed by atoms with E-state index in [2.05, 4.69) is 31.1 Å². The maximum absolute atomic E-state index is 12.6. The Morgan fingerprint density at radius 3 is 2.21 bits per heavy atom. The molecule has 1 amide bonds. The molecular weight excluding hydrogens is 374 g/mol. The van der Waals surface area contributed by atoms with E-state index >= 15 is 0 Å². The lowest BCUT2D eigenvalue weighted by Crippen LogP contribution is -2.31. The number of benzene rings is 1. The van der Waals surface area contributed by atoms with Gasteiger partial charge in [-0.05, 0) is 57.1 Å². The summed E-state index contributed by atoms with van der Waals surface area (Å²) in [5.74, 6) is -1.83. The van der Waals surface area contributed by atoms with Crippen LogP contribution in [0.5, 0.6) is 0 Å². The molecule has 0 saturated heterocycles. The summed E-state index contributed by atoms with van der Waals surface area (Å²) in [4.78, 5) is 37.8. The van der Waals surface area contributed by atoms with E-state index in [0.29, 0.717) is 18.1 Å². The average Bonchev–Trinajstić information content (AvgIpc) is 2.75. The number of rotatable bonds is 6. The van der Waals surface area contributed by atoms with Gasteiger partial charge in [0.05, 0.1) is 0 Å². The first-order chi connectivity index (χ1) is 13.5. The Bertz CT molecular complexity index is 743. The molecule has 29 heavy (non-hydrogen) atoms. The van der Waals surface area contributed by atoms with Gasteiger partial charge in [0, 0.05) is 51.1 Å². The van der Waals surface area contributed by atoms with Crippen LogP contribution in [-0.2, 0) is 16.0 Å². The molecular formula is C21H31N3O5. The number of nitrogens with zero attached hydrogens (tertiary/aromatic N) is 3. The molecule has 0 radical (unpaired) electrons. The molecule has 0 spiro atoms. The Balaban J connectivity index is 0.000000447. The van der Waals surface area contributed by atoms with Crippen LogP contribution < -0.4 is 4.90 Å². The van der Waals surface area contributed by atoms with Gasteiger partial charge in [-0.1, -0.05) is 6.07 Å². The van der Waals surface area contributed by atoms with E-state index in [-0.39, 0.29) is 5.91 Å². The Morgan fingerprint density at radius 2 is 1.72 bits per heavy atom. The summed E-state index contributed by atoms with van der Waals surface area (Å²) in [7, 11) is 10.1. The van der Waals surface area contributed by atoms with Gasteiger partial charge in [-0.2, -0.15) is 0 Å². The SMILES string of the molecule is CN(C)CCC1Cc2ccc(N(C)C)cc2C(=O)N(C)C1.O=C(O)C=CC(=O)O. The Hall–Kier alpha value is -2.87. The number of carbonyl (C=O) groups is 3. The third-order valence-corrected chi connectivity index (χ3v) is 4.58. The number of carboxylic acids is 2. The summed E-state index contributed by atoms with van der Waals surface area (Å²) < 4.78 is 0. The summed E-state index contributed by atoms with van der Waals surface area (Å²) in [6.07, 6.45) is 3.23. The number of hydrogen-bond donors (Lipinski definition) is 2. The van der Waals surface area contributed by atoms with Crippen LogP contribution in [0.25, 0.3) is 0 Å². The van der Waals surface area contributed by atoms with E-state index in [4.69, 9.17) is 10.2 Å². The number of hydrogen-bond acceptors (Lipinski definition) is 5. The van der Waals surface area contributed by atoms with Crippen LogP contribution in [0.15, 0.2) is 30.4 Å². The Labute approximate surface area is 172 Å². The minimum absolute atomic E-state index is 0.154. The minimum Gasteiger partial charge on any atom is -0.478 e. The van der Waals surface area contributed by atoms with Gasteiger partial charge < -0.3 is 24.9 Å². The van der Waals surface area contributed by atoms with Crippen LogP contribution in [0.3, 0.4) is 0 Å². The van der Waals surface area contributed by atoms with Crippen molar-refractivity contribution in [3.8, 4) is 0 Å². The normalized spacial score (nSPS) is 16.1. The number of fused-ring (bicyclic) bond motifs is 1. The van der Waals surface area contributed by atoms with E-state index in [0.717, 1.165) is 37.2 Å². The number of amides is 1. The smallest absolute Gasteiger partial charge is 0.328 e. The minimum atomic E-state index is -1.26. The second-order valence-corrected chi connectivity index (χ2v) is 7.59. The highest BCUT2D eigenvalue weighted by atomic mass is 16.4. The van der Waals surface area contributed by atoms with Gasteiger partial charge in [-0.15, -0.1) is 0 Å². The number of carboxylic acid groups (broad SMARTS) is 2. The molecule has 0 bridgehead atoms. The van der Waals surface area contributed by atoms with Crippen LogP contribution in [0, 0.1) is 5.92 Å². The van der Waals surface area contributed by atoms with Crippen LogP contribution in [0.2, 0.25) is 0 Å². The van der Waals surface area contributed by atoms with E-state index in [1.807, 2.05) is 37.0 Å². The molecule has 1 heterocycles. The van der Waals surface area contributed by atoms with Crippen molar-refractivity contribution in [3.05, 3.63) is 41.5 Å². The van der Waals surface area contributed by atoms with Crippen molar-refractivity contribution in [2.75, 3.05) is 53.2 Å². The third-order valence-electron chi connectivity index (χ3n) is 4.58. The van der Waals surface area contributed by atoms with Gasteiger partial charge in [0.25, 0.3) is 5.91 Å². The van der Waals surface area contributed by atoms with E-state index in [1.54, 1.807) is 0 Å². The first kappa shape index (κ1) is 24.2. The maximum Gasteiger partial charge on any atom is 0.328 e. The molecule has 160 valence electrons. The molecule has 0 fully saturated rings. The lowest BCUT2D eigenvalue weighted by molar-refractivity contribution is -0.134. The maximum atomic E-state index is 12.6. The fourth-order valence-electron chi connectivity index (χ4n) is 3.05. The first-order valence-corrected chi connectivity index (χ1v) is 9.35. The number of aliphatic carboxylic acids is 2. The summed E-state index contributed by atoms with van der Waals surface area (Å²) in [5.41, 5.74) is 3.15. The predicted octanol–water partition coefficient (Wildman–Crippen LogP) is 1.66. The van der Waals surface area contributed by atoms with Crippen LogP contribution in [0.1, 0.15) is 22.3 Å². The zero-order valence-electron chi connectivity index (χ0n) is 17.8. The largest absolute Gasteiger partial charge is 0.478 e. The van der Waals surface area contributed by atoms with Crippen LogP contribution >= 0.6 is 0 Å². The molecule has 1 unspecified atom stereocenters.